The van der Waals surface area contributed by atoms with Gasteiger partial charge < -0.3 is 15.1 Å². The molecule has 0 aliphatic carbocycles. The van der Waals surface area contributed by atoms with Gasteiger partial charge in [-0.05, 0) is 37.5 Å². The van der Waals surface area contributed by atoms with Crippen LogP contribution in [0.25, 0.3) is 0 Å². The fraction of sp³-hybridized carbons (Fsp3) is 0.500. The van der Waals surface area contributed by atoms with Crippen LogP contribution >= 0.6 is 23.8 Å². The Morgan fingerprint density at radius 3 is 2.84 bits per heavy atom. The van der Waals surface area contributed by atoms with Crippen LogP contribution in [-0.4, -0.2) is 38.9 Å². The molecule has 1 heterocycles. The summed E-state index contributed by atoms with van der Waals surface area (Å²) in [5, 5.41) is 20.1. The Morgan fingerprint density at radius 2 is 2.21 bits per heavy atom. The molecular weight excluding hydrogens is 282 g/mol. The van der Waals surface area contributed by atoms with Crippen LogP contribution in [0.5, 0.6) is 0 Å². The second kappa shape index (κ2) is 6.18. The monoisotopic (exact) mass is 299 g/mol. The van der Waals surface area contributed by atoms with E-state index in [9.17, 15) is 10.2 Å². The quantitative estimate of drug-likeness (QED) is 0.842. The summed E-state index contributed by atoms with van der Waals surface area (Å²) in [6.07, 6.45) is 0.152. The second-order valence-corrected chi connectivity index (χ2v) is 5.78. The summed E-state index contributed by atoms with van der Waals surface area (Å²) >= 11 is 11.3. The van der Waals surface area contributed by atoms with E-state index in [1.807, 2.05) is 29.2 Å². The first-order chi connectivity index (χ1) is 9.00. The third-order valence-corrected chi connectivity index (χ3v) is 4.19. The normalized spacial score (nSPS) is 22.3. The minimum absolute atomic E-state index is 0.139. The van der Waals surface area contributed by atoms with E-state index in [2.05, 4.69) is 0 Å². The molecule has 1 saturated heterocycles. The van der Waals surface area contributed by atoms with E-state index in [0.29, 0.717) is 10.0 Å². The summed E-state index contributed by atoms with van der Waals surface area (Å²) in [7, 11) is 0. The Hall–Kier alpha value is -0.680. The lowest BCUT2D eigenvalue weighted by Gasteiger charge is -2.31. The fourth-order valence-electron chi connectivity index (χ4n) is 2.47. The molecule has 2 N–H and O–H groups in total. The van der Waals surface area contributed by atoms with Crippen molar-refractivity contribution in [3.05, 3.63) is 34.9 Å². The van der Waals surface area contributed by atoms with Crippen LogP contribution in [0.15, 0.2) is 24.3 Å². The highest BCUT2D eigenvalue weighted by molar-refractivity contribution is 7.80. The van der Waals surface area contributed by atoms with E-state index in [4.69, 9.17) is 23.8 Å². The molecule has 1 aliphatic heterocycles. The van der Waals surface area contributed by atoms with Crippen LogP contribution in [0.2, 0.25) is 5.02 Å². The number of thiocarbonyl (C=S) groups is 1. The number of halogens is 1. The lowest BCUT2D eigenvalue weighted by molar-refractivity contribution is 0.0670. The molecule has 5 heteroatoms. The topological polar surface area (TPSA) is 43.7 Å². The maximum atomic E-state index is 9.92. The van der Waals surface area contributed by atoms with Gasteiger partial charge in [0.05, 0.1) is 12.1 Å². The zero-order chi connectivity index (χ0) is 14.0. The maximum Gasteiger partial charge on any atom is 0.130 e. The lowest BCUT2D eigenvalue weighted by atomic mass is 10.0. The van der Waals surface area contributed by atoms with Gasteiger partial charge in [-0.25, -0.2) is 0 Å². The smallest absolute Gasteiger partial charge is 0.130 e. The van der Waals surface area contributed by atoms with Gasteiger partial charge in [0, 0.05) is 11.6 Å². The van der Waals surface area contributed by atoms with E-state index in [1.165, 1.54) is 0 Å². The SMILES string of the molecule is C[C@H](O)[C@@H](O)C(=S)N1CCCC1c1cccc(Cl)c1. The van der Waals surface area contributed by atoms with Crippen molar-refractivity contribution in [1.29, 1.82) is 0 Å². The molecule has 0 saturated carbocycles. The average molecular weight is 300 g/mol. The van der Waals surface area contributed by atoms with Crippen molar-refractivity contribution in [3.8, 4) is 0 Å². The minimum atomic E-state index is -0.991. The van der Waals surface area contributed by atoms with Gasteiger partial charge in [-0.2, -0.15) is 0 Å². The average Bonchev–Trinajstić information content (AvgIpc) is 2.86. The van der Waals surface area contributed by atoms with Crippen LogP contribution in [0.3, 0.4) is 0 Å². The molecule has 0 aromatic heterocycles. The number of hydrogen-bond donors (Lipinski definition) is 2. The standard InChI is InChI=1S/C14H18ClNO2S/c1-9(17)13(18)14(19)16-7-3-6-12(16)10-4-2-5-11(15)8-10/h2,4-5,8-9,12-13,17-18H,3,6-7H2,1H3/t9-,12?,13+/m0/s1. The number of nitrogens with zero attached hydrogens (tertiary/aromatic N) is 1. The molecule has 1 aliphatic rings. The predicted octanol–water partition coefficient (Wildman–Crippen LogP) is 2.55. The number of aliphatic hydroxyl groups excluding tert-OH is 2. The lowest BCUT2D eigenvalue weighted by Crippen LogP contribution is -2.42. The first-order valence-corrected chi connectivity index (χ1v) is 7.21. The Labute approximate surface area is 123 Å². The fourth-order valence-corrected chi connectivity index (χ4v) is 3.08. The van der Waals surface area contributed by atoms with Crippen molar-refractivity contribution >= 4 is 28.8 Å². The van der Waals surface area contributed by atoms with Crippen molar-refractivity contribution < 1.29 is 10.2 Å². The van der Waals surface area contributed by atoms with Gasteiger partial charge in [0.1, 0.15) is 11.1 Å². The van der Waals surface area contributed by atoms with Crippen molar-refractivity contribution in [3.63, 3.8) is 0 Å². The molecule has 1 aromatic rings. The zero-order valence-electron chi connectivity index (χ0n) is 10.8. The summed E-state index contributed by atoms with van der Waals surface area (Å²) in [4.78, 5) is 2.41. The van der Waals surface area contributed by atoms with Gasteiger partial charge in [-0.15, -0.1) is 0 Å². The molecule has 0 bridgehead atoms. The highest BCUT2D eigenvalue weighted by Crippen LogP contribution is 2.34. The van der Waals surface area contributed by atoms with Crippen LogP contribution in [0, 0.1) is 0 Å². The van der Waals surface area contributed by atoms with Gasteiger partial charge >= 0.3 is 0 Å². The maximum absolute atomic E-state index is 9.92. The Bertz CT molecular complexity index is 467. The third-order valence-electron chi connectivity index (χ3n) is 3.48. The van der Waals surface area contributed by atoms with Gasteiger partial charge in [0.15, 0.2) is 0 Å². The minimum Gasteiger partial charge on any atom is -0.390 e. The van der Waals surface area contributed by atoms with Crippen molar-refractivity contribution in [2.24, 2.45) is 0 Å². The number of hydrogen-bond acceptors (Lipinski definition) is 3. The first kappa shape index (κ1) is 14.7. The molecular formula is C14H18ClNO2S. The number of rotatable bonds is 3. The predicted molar refractivity (Wildman–Crippen MR) is 80.4 cm³/mol. The van der Waals surface area contributed by atoms with E-state index in [0.717, 1.165) is 24.9 Å². The molecule has 0 amide bonds. The van der Waals surface area contributed by atoms with Gasteiger partial charge in [0.25, 0.3) is 0 Å². The Kier molecular flexibility index (Phi) is 4.79. The number of benzene rings is 1. The van der Waals surface area contributed by atoms with E-state index in [1.54, 1.807) is 6.92 Å². The van der Waals surface area contributed by atoms with E-state index >= 15 is 0 Å². The molecule has 19 heavy (non-hydrogen) atoms. The van der Waals surface area contributed by atoms with Crippen molar-refractivity contribution in [1.82, 2.24) is 4.90 Å². The highest BCUT2D eigenvalue weighted by atomic mass is 35.5. The van der Waals surface area contributed by atoms with Crippen molar-refractivity contribution in [2.45, 2.75) is 38.0 Å². The van der Waals surface area contributed by atoms with Crippen LogP contribution < -0.4 is 0 Å². The molecule has 0 radical (unpaired) electrons. The Balaban J connectivity index is 2.19. The van der Waals surface area contributed by atoms with Gasteiger partial charge in [-0.1, -0.05) is 36.0 Å². The van der Waals surface area contributed by atoms with Crippen molar-refractivity contribution in [2.75, 3.05) is 6.54 Å². The molecule has 0 spiro atoms. The first-order valence-electron chi connectivity index (χ1n) is 6.43. The summed E-state index contributed by atoms with van der Waals surface area (Å²) in [6.45, 7) is 2.35. The number of likely N-dealkylation sites (tertiary alicyclic amines) is 1. The van der Waals surface area contributed by atoms with Gasteiger partial charge in [-0.3, -0.25) is 0 Å². The Morgan fingerprint density at radius 1 is 1.47 bits per heavy atom. The summed E-state index contributed by atoms with van der Waals surface area (Å²) in [6, 6.07) is 7.85. The highest BCUT2D eigenvalue weighted by Gasteiger charge is 2.32. The largest absolute Gasteiger partial charge is 0.390 e. The third kappa shape index (κ3) is 3.26. The number of aliphatic hydroxyl groups is 2. The van der Waals surface area contributed by atoms with Crippen LogP contribution in [0.4, 0.5) is 0 Å². The van der Waals surface area contributed by atoms with Gasteiger partial charge in [0.2, 0.25) is 0 Å². The molecule has 104 valence electrons. The van der Waals surface area contributed by atoms with E-state index < -0.39 is 12.2 Å². The summed E-state index contributed by atoms with van der Waals surface area (Å²) < 4.78 is 0. The van der Waals surface area contributed by atoms with Crippen LogP contribution in [-0.2, 0) is 0 Å². The van der Waals surface area contributed by atoms with Crippen LogP contribution in [0.1, 0.15) is 31.4 Å². The molecule has 3 atom stereocenters. The summed E-state index contributed by atoms with van der Waals surface area (Å²) in [5.74, 6) is 0. The zero-order valence-corrected chi connectivity index (χ0v) is 12.4. The molecule has 2 rings (SSSR count). The molecule has 1 fully saturated rings. The molecule has 1 aromatic carbocycles. The second-order valence-electron chi connectivity index (χ2n) is 4.93. The summed E-state index contributed by atoms with van der Waals surface area (Å²) in [5.41, 5.74) is 1.10. The molecule has 1 unspecified atom stereocenters. The molecule has 3 nitrogen and oxygen atoms in total. The van der Waals surface area contributed by atoms with E-state index in [-0.39, 0.29) is 6.04 Å².